The number of aromatic carboxylic acids is 1. The van der Waals surface area contributed by atoms with Crippen molar-refractivity contribution in [2.24, 2.45) is 0 Å². The molecule has 0 aliphatic carbocycles. The van der Waals surface area contributed by atoms with Crippen LogP contribution in [0.1, 0.15) is 10.4 Å². The molecule has 0 saturated heterocycles. The molecule has 2 N–H and O–H groups in total. The summed E-state index contributed by atoms with van der Waals surface area (Å²) >= 11 is 0. The Labute approximate surface area is 87.6 Å². The summed E-state index contributed by atoms with van der Waals surface area (Å²) in [5, 5.41) is 8.85. The second kappa shape index (κ2) is 6.00. The van der Waals surface area contributed by atoms with Gasteiger partial charge in [0.25, 0.3) is 0 Å². The third-order valence-electron chi connectivity index (χ3n) is 1.72. The van der Waals surface area contributed by atoms with Crippen LogP contribution >= 0.6 is 0 Å². The van der Waals surface area contributed by atoms with Crippen LogP contribution in [0.5, 0.6) is 5.75 Å². The van der Waals surface area contributed by atoms with Crippen LogP contribution in [0, 0.1) is 0 Å². The Hall–Kier alpha value is -1.59. The summed E-state index contributed by atoms with van der Waals surface area (Å²) in [4.78, 5) is 15.4. The summed E-state index contributed by atoms with van der Waals surface area (Å²) in [5.41, 5.74) is 2.76. The van der Waals surface area contributed by atoms with Crippen LogP contribution in [0.3, 0.4) is 0 Å². The standard InChI is InChI=1S/C10H13NO4/c1-14-11-6-7-15-9-5-3-2-4-8(9)10(12)13/h2-5,11H,6-7H2,1H3,(H,12,13). The molecule has 0 atom stereocenters. The summed E-state index contributed by atoms with van der Waals surface area (Å²) in [6.45, 7) is 0.836. The molecule has 5 nitrogen and oxygen atoms in total. The van der Waals surface area contributed by atoms with E-state index in [4.69, 9.17) is 9.84 Å². The van der Waals surface area contributed by atoms with Crippen molar-refractivity contribution in [2.75, 3.05) is 20.3 Å². The van der Waals surface area contributed by atoms with Crippen molar-refractivity contribution < 1.29 is 19.5 Å². The fourth-order valence-corrected chi connectivity index (χ4v) is 1.07. The van der Waals surface area contributed by atoms with E-state index < -0.39 is 5.97 Å². The second-order valence-corrected chi connectivity index (χ2v) is 2.75. The fourth-order valence-electron chi connectivity index (χ4n) is 1.07. The molecule has 0 aliphatic rings. The zero-order chi connectivity index (χ0) is 11.1. The smallest absolute Gasteiger partial charge is 0.339 e. The van der Waals surface area contributed by atoms with Crippen LogP contribution in [-0.4, -0.2) is 31.3 Å². The van der Waals surface area contributed by atoms with Gasteiger partial charge in [-0.1, -0.05) is 12.1 Å². The van der Waals surface area contributed by atoms with E-state index in [1.165, 1.54) is 13.2 Å². The summed E-state index contributed by atoms with van der Waals surface area (Å²) in [5.74, 6) is -0.631. The molecule has 5 heteroatoms. The topological polar surface area (TPSA) is 67.8 Å². The third kappa shape index (κ3) is 3.57. The van der Waals surface area contributed by atoms with Crippen LogP contribution in [0.25, 0.3) is 0 Å². The molecule has 0 aromatic heterocycles. The Balaban J connectivity index is 2.56. The first-order valence-electron chi connectivity index (χ1n) is 4.46. The number of carbonyl (C=O) groups is 1. The minimum absolute atomic E-state index is 0.162. The van der Waals surface area contributed by atoms with Crippen LogP contribution in [0.2, 0.25) is 0 Å². The Bertz CT molecular complexity index is 327. The lowest BCUT2D eigenvalue weighted by atomic mass is 10.2. The highest BCUT2D eigenvalue weighted by Gasteiger charge is 2.09. The maximum Gasteiger partial charge on any atom is 0.339 e. The van der Waals surface area contributed by atoms with Crippen LogP contribution < -0.4 is 10.2 Å². The minimum atomic E-state index is -0.995. The number of hydrogen-bond donors (Lipinski definition) is 2. The van der Waals surface area contributed by atoms with E-state index in [9.17, 15) is 4.79 Å². The number of hydroxylamine groups is 1. The Morgan fingerprint density at radius 2 is 2.20 bits per heavy atom. The predicted octanol–water partition coefficient (Wildman–Crippen LogP) is 0.915. The maximum atomic E-state index is 10.8. The molecule has 0 radical (unpaired) electrons. The summed E-state index contributed by atoms with van der Waals surface area (Å²) in [6, 6.07) is 6.51. The number of hydrogen-bond acceptors (Lipinski definition) is 4. The number of para-hydroxylation sites is 1. The SMILES string of the molecule is CONCCOc1ccccc1C(=O)O. The summed E-state index contributed by atoms with van der Waals surface area (Å²) in [7, 11) is 1.51. The molecule has 1 aromatic carbocycles. The van der Waals surface area contributed by atoms with Gasteiger partial charge >= 0.3 is 5.97 Å². The van der Waals surface area contributed by atoms with Crippen molar-refractivity contribution in [3.63, 3.8) is 0 Å². The average molecular weight is 211 g/mol. The molecule has 82 valence electrons. The van der Waals surface area contributed by atoms with Gasteiger partial charge < -0.3 is 14.7 Å². The van der Waals surface area contributed by atoms with Gasteiger partial charge in [0, 0.05) is 0 Å². The quantitative estimate of drug-likeness (QED) is 0.541. The van der Waals surface area contributed by atoms with Crippen molar-refractivity contribution in [3.05, 3.63) is 29.8 Å². The van der Waals surface area contributed by atoms with Gasteiger partial charge in [0.1, 0.15) is 17.9 Å². The van der Waals surface area contributed by atoms with Gasteiger partial charge in [0.15, 0.2) is 0 Å². The minimum Gasteiger partial charge on any atom is -0.491 e. The maximum absolute atomic E-state index is 10.8. The number of ether oxygens (including phenoxy) is 1. The van der Waals surface area contributed by atoms with Gasteiger partial charge in [0.2, 0.25) is 0 Å². The fraction of sp³-hybridized carbons (Fsp3) is 0.300. The van der Waals surface area contributed by atoms with Crippen LogP contribution in [0.4, 0.5) is 0 Å². The normalized spacial score (nSPS) is 9.93. The van der Waals surface area contributed by atoms with Crippen molar-refractivity contribution in [1.82, 2.24) is 5.48 Å². The molecule has 0 fully saturated rings. The molecule has 0 aliphatic heterocycles. The molecule has 1 aromatic rings. The molecule has 15 heavy (non-hydrogen) atoms. The van der Waals surface area contributed by atoms with Gasteiger partial charge in [-0.3, -0.25) is 0 Å². The van der Waals surface area contributed by atoms with Gasteiger partial charge in [-0.05, 0) is 12.1 Å². The predicted molar refractivity (Wildman–Crippen MR) is 53.9 cm³/mol. The van der Waals surface area contributed by atoms with E-state index >= 15 is 0 Å². The van der Waals surface area contributed by atoms with Gasteiger partial charge in [-0.15, -0.1) is 0 Å². The number of carboxylic acid groups (broad SMARTS) is 1. The second-order valence-electron chi connectivity index (χ2n) is 2.75. The Morgan fingerprint density at radius 1 is 1.47 bits per heavy atom. The molecular formula is C10H13NO4. The average Bonchev–Trinajstić information content (AvgIpc) is 2.25. The lowest BCUT2D eigenvalue weighted by Gasteiger charge is -2.08. The largest absolute Gasteiger partial charge is 0.491 e. The highest BCUT2D eigenvalue weighted by atomic mass is 16.6. The van der Waals surface area contributed by atoms with Crippen molar-refractivity contribution in [3.8, 4) is 5.75 Å². The molecule has 0 unspecified atom stereocenters. The molecule has 0 amide bonds. The summed E-state index contributed by atoms with van der Waals surface area (Å²) < 4.78 is 5.28. The van der Waals surface area contributed by atoms with E-state index in [1.54, 1.807) is 18.2 Å². The first-order chi connectivity index (χ1) is 7.25. The van der Waals surface area contributed by atoms with E-state index in [0.29, 0.717) is 18.9 Å². The number of benzene rings is 1. The number of nitrogens with one attached hydrogen (secondary N) is 1. The van der Waals surface area contributed by atoms with Crippen molar-refractivity contribution in [2.45, 2.75) is 0 Å². The Morgan fingerprint density at radius 3 is 2.87 bits per heavy atom. The van der Waals surface area contributed by atoms with E-state index in [1.807, 2.05) is 0 Å². The third-order valence-corrected chi connectivity index (χ3v) is 1.72. The molecule has 1 rings (SSSR count). The summed E-state index contributed by atoms with van der Waals surface area (Å²) in [6.07, 6.45) is 0. The van der Waals surface area contributed by atoms with Crippen molar-refractivity contribution in [1.29, 1.82) is 0 Å². The van der Waals surface area contributed by atoms with Gasteiger partial charge in [-0.25, -0.2) is 4.79 Å². The highest BCUT2D eigenvalue weighted by molar-refractivity contribution is 5.90. The molecule has 0 saturated carbocycles. The zero-order valence-corrected chi connectivity index (χ0v) is 8.40. The molecule has 0 heterocycles. The van der Waals surface area contributed by atoms with E-state index in [0.717, 1.165) is 0 Å². The molecular weight excluding hydrogens is 198 g/mol. The van der Waals surface area contributed by atoms with E-state index in [2.05, 4.69) is 10.3 Å². The zero-order valence-electron chi connectivity index (χ0n) is 8.40. The van der Waals surface area contributed by atoms with Gasteiger partial charge in [-0.2, -0.15) is 5.48 Å². The number of rotatable bonds is 6. The van der Waals surface area contributed by atoms with Crippen molar-refractivity contribution >= 4 is 5.97 Å². The first kappa shape index (κ1) is 11.5. The van der Waals surface area contributed by atoms with Gasteiger partial charge in [0.05, 0.1) is 13.7 Å². The highest BCUT2D eigenvalue weighted by Crippen LogP contribution is 2.17. The Kier molecular flexibility index (Phi) is 4.59. The first-order valence-corrected chi connectivity index (χ1v) is 4.46. The molecule has 0 bridgehead atoms. The lowest BCUT2D eigenvalue weighted by molar-refractivity contribution is 0.0686. The van der Waals surface area contributed by atoms with Crippen LogP contribution in [0.15, 0.2) is 24.3 Å². The molecule has 0 spiro atoms. The lowest BCUT2D eigenvalue weighted by Crippen LogP contribution is -2.20. The number of carboxylic acids is 1. The van der Waals surface area contributed by atoms with Crippen LogP contribution in [-0.2, 0) is 4.84 Å². The van der Waals surface area contributed by atoms with E-state index in [-0.39, 0.29) is 5.56 Å². The monoisotopic (exact) mass is 211 g/mol.